The van der Waals surface area contributed by atoms with Gasteiger partial charge in [-0.25, -0.2) is 0 Å². The molecule has 0 aromatic rings. The van der Waals surface area contributed by atoms with Crippen LogP contribution in [-0.4, -0.2) is 20.5 Å². The van der Waals surface area contributed by atoms with E-state index in [1.54, 1.807) is 12.2 Å². The summed E-state index contributed by atoms with van der Waals surface area (Å²) in [4.78, 5) is 22.4. The van der Waals surface area contributed by atoms with Gasteiger partial charge in [0.1, 0.15) is 9.46 Å². The van der Waals surface area contributed by atoms with Crippen molar-refractivity contribution in [2.45, 2.75) is 10.5 Å². The number of rotatable bonds is 2. The Balaban J connectivity index is 0. The summed E-state index contributed by atoms with van der Waals surface area (Å²) in [5.74, 6) is -1.92. The van der Waals surface area contributed by atoms with Gasteiger partial charge in [0.15, 0.2) is 0 Å². The number of halogens is 3. The molecule has 0 spiro atoms. The van der Waals surface area contributed by atoms with Crippen LogP contribution in [0.2, 0.25) is 0 Å². The normalized spacial score (nSPS) is 27.4. The van der Waals surface area contributed by atoms with Crippen molar-refractivity contribution in [3.05, 3.63) is 19.3 Å². The van der Waals surface area contributed by atoms with Crippen LogP contribution in [0.3, 0.4) is 0 Å². The molecule has 1 amide bonds. The zero-order valence-electron chi connectivity index (χ0n) is 10.1. The molecule has 17 heavy (non-hydrogen) atoms. The molecular formula is C9H9I3NNaO3. The standard InChI is InChI=1S/C9H8I3NO3.Na.H/c1-4(14)13-9(12)3-5(10)2-6(11)7(9)8(15)16;;/h2-3,7H,1H3,(H,13,14)(H,15,16);;/q;+1;-1. The zero-order valence-corrected chi connectivity index (χ0v) is 17.6. The Morgan fingerprint density at radius 2 is 2.06 bits per heavy atom. The van der Waals surface area contributed by atoms with Crippen LogP contribution in [0.1, 0.15) is 8.35 Å². The van der Waals surface area contributed by atoms with Gasteiger partial charge in [-0.1, -0.05) is 0 Å². The van der Waals surface area contributed by atoms with E-state index in [9.17, 15) is 14.7 Å². The van der Waals surface area contributed by atoms with Gasteiger partial charge in [-0.05, 0) is 79.9 Å². The van der Waals surface area contributed by atoms with Crippen molar-refractivity contribution < 1.29 is 45.7 Å². The molecule has 1 rings (SSSR count). The van der Waals surface area contributed by atoms with Gasteiger partial charge in [-0.15, -0.1) is 0 Å². The monoisotopic (exact) mass is 583 g/mol. The number of nitrogens with one attached hydrogen (secondary N) is 1. The number of carboxylic acid groups (broad SMARTS) is 1. The average molecular weight is 583 g/mol. The molecule has 90 valence electrons. The molecular weight excluding hydrogens is 574 g/mol. The van der Waals surface area contributed by atoms with Crippen molar-refractivity contribution in [1.82, 2.24) is 5.32 Å². The molecule has 1 aliphatic rings. The summed E-state index contributed by atoms with van der Waals surface area (Å²) >= 11 is 6.08. The van der Waals surface area contributed by atoms with Gasteiger partial charge in [-0.3, -0.25) is 9.59 Å². The maximum absolute atomic E-state index is 11.2. The molecule has 0 saturated carbocycles. The Labute approximate surface area is 164 Å². The predicted octanol–water partition coefficient (Wildman–Crippen LogP) is -0.278. The molecule has 2 atom stereocenters. The minimum absolute atomic E-state index is 0. The van der Waals surface area contributed by atoms with Crippen molar-refractivity contribution in [3.8, 4) is 0 Å². The fraction of sp³-hybridized carbons (Fsp3) is 0.333. The SMILES string of the molecule is CC(=O)NC1(I)C=C(I)C=C(I)C1C(=O)O.[H-].[Na+]. The molecule has 0 bridgehead atoms. The van der Waals surface area contributed by atoms with Gasteiger partial charge < -0.3 is 11.8 Å². The van der Waals surface area contributed by atoms with E-state index < -0.39 is 15.4 Å². The number of carbonyl (C=O) groups is 2. The molecule has 0 aliphatic heterocycles. The van der Waals surface area contributed by atoms with Gasteiger partial charge in [0.25, 0.3) is 0 Å². The molecule has 0 aromatic heterocycles. The summed E-state index contributed by atoms with van der Waals surface area (Å²) in [6.07, 6.45) is 3.56. The minimum atomic E-state index is -0.941. The number of hydrogen-bond acceptors (Lipinski definition) is 2. The first-order chi connectivity index (χ1) is 7.26. The first kappa shape index (κ1) is 18.6. The third-order valence-electron chi connectivity index (χ3n) is 1.93. The molecule has 4 nitrogen and oxygen atoms in total. The molecule has 0 radical (unpaired) electrons. The third kappa shape index (κ3) is 4.89. The van der Waals surface area contributed by atoms with E-state index in [2.05, 4.69) is 27.9 Å². The first-order valence-electron chi connectivity index (χ1n) is 4.22. The summed E-state index contributed by atoms with van der Waals surface area (Å²) in [6.45, 7) is 1.38. The largest absolute Gasteiger partial charge is 1.00 e. The van der Waals surface area contributed by atoms with E-state index in [4.69, 9.17) is 0 Å². The summed E-state index contributed by atoms with van der Waals surface area (Å²) in [5, 5.41) is 11.9. The molecule has 1 aliphatic carbocycles. The molecule has 0 saturated heterocycles. The Kier molecular flexibility index (Phi) is 8.11. The molecule has 0 aromatic carbocycles. The Morgan fingerprint density at radius 3 is 2.47 bits per heavy atom. The van der Waals surface area contributed by atoms with Gasteiger partial charge in [0, 0.05) is 14.1 Å². The van der Waals surface area contributed by atoms with Crippen LogP contribution < -0.4 is 34.9 Å². The number of carbonyl (C=O) groups excluding carboxylic acids is 1. The molecule has 8 heteroatoms. The predicted molar refractivity (Wildman–Crippen MR) is 87.0 cm³/mol. The summed E-state index contributed by atoms with van der Waals surface area (Å²) in [7, 11) is 0. The van der Waals surface area contributed by atoms with E-state index in [-0.39, 0.29) is 36.9 Å². The Bertz CT molecular complexity index is 416. The Morgan fingerprint density at radius 1 is 1.53 bits per heavy atom. The number of amides is 1. The van der Waals surface area contributed by atoms with E-state index in [0.717, 1.165) is 3.58 Å². The quantitative estimate of drug-likeness (QED) is 0.204. The maximum atomic E-state index is 11.2. The van der Waals surface area contributed by atoms with E-state index in [0.29, 0.717) is 3.58 Å². The molecule has 0 fully saturated rings. The van der Waals surface area contributed by atoms with Gasteiger partial charge in [0.2, 0.25) is 5.91 Å². The topological polar surface area (TPSA) is 66.4 Å². The van der Waals surface area contributed by atoms with Crippen LogP contribution in [0.5, 0.6) is 0 Å². The second-order valence-corrected chi connectivity index (χ2v) is 7.56. The fourth-order valence-electron chi connectivity index (χ4n) is 1.42. The summed E-state index contributed by atoms with van der Waals surface area (Å²) < 4.78 is 0.736. The van der Waals surface area contributed by atoms with Crippen molar-refractivity contribution in [3.63, 3.8) is 0 Å². The van der Waals surface area contributed by atoms with Crippen LogP contribution >= 0.6 is 67.8 Å². The van der Waals surface area contributed by atoms with Crippen LogP contribution in [0, 0.1) is 5.92 Å². The van der Waals surface area contributed by atoms with E-state index in [1.807, 2.05) is 45.2 Å². The van der Waals surface area contributed by atoms with Crippen molar-refractivity contribution >= 4 is 79.6 Å². The molecule has 2 N–H and O–H groups in total. The molecule has 2 unspecified atom stereocenters. The fourth-order valence-corrected chi connectivity index (χ4v) is 6.44. The third-order valence-corrected chi connectivity index (χ3v) is 4.70. The number of allylic oxidation sites excluding steroid dienone is 2. The van der Waals surface area contributed by atoms with Crippen molar-refractivity contribution in [1.29, 1.82) is 0 Å². The van der Waals surface area contributed by atoms with Gasteiger partial charge in [-0.2, -0.15) is 0 Å². The smallest absolute Gasteiger partial charge is 1.00 e. The van der Waals surface area contributed by atoms with E-state index in [1.165, 1.54) is 6.92 Å². The average Bonchev–Trinajstić information content (AvgIpc) is 1.96. The van der Waals surface area contributed by atoms with Crippen LogP contribution in [-0.2, 0) is 9.59 Å². The van der Waals surface area contributed by atoms with Crippen LogP contribution in [0.4, 0.5) is 0 Å². The van der Waals surface area contributed by atoms with Gasteiger partial charge in [0.05, 0.1) is 0 Å². The van der Waals surface area contributed by atoms with Crippen LogP contribution in [0.25, 0.3) is 0 Å². The minimum Gasteiger partial charge on any atom is -1.00 e. The van der Waals surface area contributed by atoms with Crippen molar-refractivity contribution in [2.75, 3.05) is 0 Å². The molecule has 0 heterocycles. The number of alkyl halides is 1. The summed E-state index contributed by atoms with van der Waals surface area (Å²) in [5.41, 5.74) is 0. The second kappa shape index (κ2) is 7.41. The first-order valence-corrected chi connectivity index (χ1v) is 7.46. The maximum Gasteiger partial charge on any atom is 1.00 e. The van der Waals surface area contributed by atoms with Crippen molar-refractivity contribution in [2.24, 2.45) is 5.92 Å². The second-order valence-electron chi connectivity index (χ2n) is 3.28. The summed E-state index contributed by atoms with van der Waals surface area (Å²) in [6, 6.07) is 0. The number of aliphatic carboxylic acids is 1. The van der Waals surface area contributed by atoms with E-state index >= 15 is 0 Å². The number of carboxylic acids is 1. The van der Waals surface area contributed by atoms with Gasteiger partial charge >= 0.3 is 35.5 Å². The Hall–Kier alpha value is 1.61. The van der Waals surface area contributed by atoms with Crippen LogP contribution in [0.15, 0.2) is 19.3 Å². The zero-order chi connectivity index (χ0) is 12.5. The number of hydrogen-bond donors (Lipinski definition) is 2.